The molecule has 0 spiro atoms. The van der Waals surface area contributed by atoms with Crippen LogP contribution in [-0.2, 0) is 6.42 Å². The molecule has 1 atom stereocenters. The van der Waals surface area contributed by atoms with Crippen molar-refractivity contribution in [2.45, 2.75) is 39.5 Å². The van der Waals surface area contributed by atoms with Crippen LogP contribution in [0.25, 0.3) is 0 Å². The normalized spacial score (nSPS) is 13.2. The highest BCUT2D eigenvalue weighted by Gasteiger charge is 2.08. The first-order chi connectivity index (χ1) is 9.06. The van der Waals surface area contributed by atoms with Crippen LogP contribution in [0.1, 0.15) is 44.2 Å². The van der Waals surface area contributed by atoms with Crippen LogP contribution in [0.15, 0.2) is 24.3 Å². The molecule has 0 aliphatic heterocycles. The second-order valence-corrected chi connectivity index (χ2v) is 5.87. The van der Waals surface area contributed by atoms with Crippen molar-refractivity contribution in [2.24, 2.45) is 5.92 Å². The summed E-state index contributed by atoms with van der Waals surface area (Å²) >= 11 is 0. The summed E-state index contributed by atoms with van der Waals surface area (Å²) < 4.78 is 0. The van der Waals surface area contributed by atoms with Gasteiger partial charge in [-0.3, -0.25) is 0 Å². The van der Waals surface area contributed by atoms with Gasteiger partial charge in [0.05, 0.1) is 0 Å². The zero-order chi connectivity index (χ0) is 14.3. The summed E-state index contributed by atoms with van der Waals surface area (Å²) in [7, 11) is 2.14. The van der Waals surface area contributed by atoms with Gasteiger partial charge in [-0.1, -0.05) is 45.0 Å². The van der Waals surface area contributed by atoms with E-state index >= 15 is 0 Å². The molecule has 1 rings (SSSR count). The van der Waals surface area contributed by atoms with Crippen molar-refractivity contribution < 1.29 is 5.11 Å². The minimum absolute atomic E-state index is 0.296. The Bertz CT molecular complexity index is 341. The highest BCUT2D eigenvalue weighted by atomic mass is 16.3. The van der Waals surface area contributed by atoms with Crippen LogP contribution in [0.5, 0.6) is 0 Å². The van der Waals surface area contributed by atoms with Crippen LogP contribution in [0.2, 0.25) is 0 Å². The smallest absolute Gasteiger partial charge is 0.0471 e. The van der Waals surface area contributed by atoms with E-state index in [1.165, 1.54) is 11.1 Å². The Labute approximate surface area is 118 Å². The molecule has 0 aliphatic carbocycles. The second-order valence-electron chi connectivity index (χ2n) is 5.87. The fourth-order valence-corrected chi connectivity index (χ4v) is 2.24. The van der Waals surface area contributed by atoms with Crippen LogP contribution in [0.4, 0.5) is 0 Å². The number of hydrogen-bond acceptors (Lipinski definition) is 2. The van der Waals surface area contributed by atoms with Crippen molar-refractivity contribution in [3.63, 3.8) is 0 Å². The van der Waals surface area contributed by atoms with Crippen molar-refractivity contribution in [1.29, 1.82) is 0 Å². The van der Waals surface area contributed by atoms with E-state index in [1.807, 2.05) is 0 Å². The molecule has 0 aromatic heterocycles. The number of aliphatic hydroxyl groups excluding tert-OH is 1. The highest BCUT2D eigenvalue weighted by molar-refractivity contribution is 5.24. The molecule has 0 saturated heterocycles. The van der Waals surface area contributed by atoms with Crippen LogP contribution < -0.4 is 0 Å². The van der Waals surface area contributed by atoms with E-state index in [-0.39, 0.29) is 0 Å². The Morgan fingerprint density at radius 1 is 1.16 bits per heavy atom. The molecule has 0 radical (unpaired) electrons. The lowest BCUT2D eigenvalue weighted by molar-refractivity contribution is 0.177. The van der Waals surface area contributed by atoms with Gasteiger partial charge in [-0.25, -0.2) is 0 Å². The molecule has 1 N–H and O–H groups in total. The molecule has 0 aliphatic rings. The fourth-order valence-electron chi connectivity index (χ4n) is 2.24. The number of likely N-dealkylation sites (N-methyl/N-ethyl adjacent to an activating group) is 1. The molecule has 1 aromatic carbocycles. The van der Waals surface area contributed by atoms with Gasteiger partial charge >= 0.3 is 0 Å². The number of benzene rings is 1. The van der Waals surface area contributed by atoms with Crippen LogP contribution >= 0.6 is 0 Å². The summed E-state index contributed by atoms with van der Waals surface area (Å²) in [4.78, 5) is 2.32. The van der Waals surface area contributed by atoms with Crippen molar-refractivity contribution >= 4 is 0 Å². The van der Waals surface area contributed by atoms with E-state index in [4.69, 9.17) is 0 Å². The lowest BCUT2D eigenvalue weighted by Gasteiger charge is -2.21. The second kappa shape index (κ2) is 8.34. The topological polar surface area (TPSA) is 23.5 Å². The molecule has 0 amide bonds. The van der Waals surface area contributed by atoms with E-state index in [9.17, 15) is 5.11 Å². The maximum absolute atomic E-state index is 9.22. The van der Waals surface area contributed by atoms with Crippen molar-refractivity contribution in [2.75, 3.05) is 26.7 Å². The zero-order valence-electron chi connectivity index (χ0n) is 12.9. The molecule has 2 nitrogen and oxygen atoms in total. The van der Waals surface area contributed by atoms with E-state index in [2.05, 4.69) is 57.0 Å². The Kier molecular flexibility index (Phi) is 7.11. The first-order valence-electron chi connectivity index (χ1n) is 7.45. The summed E-state index contributed by atoms with van der Waals surface area (Å²) in [6.07, 6.45) is 2.13. The van der Waals surface area contributed by atoms with Gasteiger partial charge in [-0.2, -0.15) is 0 Å². The lowest BCUT2D eigenvalue weighted by Crippen LogP contribution is -2.29. The van der Waals surface area contributed by atoms with Gasteiger partial charge in [0.1, 0.15) is 0 Å². The molecule has 108 valence electrons. The summed E-state index contributed by atoms with van der Waals surface area (Å²) in [5, 5.41) is 9.22. The van der Waals surface area contributed by atoms with Gasteiger partial charge < -0.3 is 10.0 Å². The average Bonchev–Trinajstić information content (AvgIpc) is 2.43. The Balaban J connectivity index is 2.39. The van der Waals surface area contributed by atoms with Gasteiger partial charge in [-0.15, -0.1) is 0 Å². The molecule has 0 saturated carbocycles. The first-order valence-corrected chi connectivity index (χ1v) is 7.45. The predicted octanol–water partition coefficient (Wildman–Crippen LogP) is 3.30. The summed E-state index contributed by atoms with van der Waals surface area (Å²) in [6.45, 7) is 8.92. The van der Waals surface area contributed by atoms with E-state index in [1.54, 1.807) is 0 Å². The minimum atomic E-state index is 0.296. The van der Waals surface area contributed by atoms with Crippen molar-refractivity contribution in [3.05, 3.63) is 35.4 Å². The van der Waals surface area contributed by atoms with Crippen LogP contribution in [0, 0.1) is 5.92 Å². The molecule has 0 fully saturated rings. The van der Waals surface area contributed by atoms with Gasteiger partial charge in [0.25, 0.3) is 0 Å². The maximum atomic E-state index is 9.22. The molecule has 2 heteroatoms. The third-order valence-corrected chi connectivity index (χ3v) is 3.83. The molecule has 1 unspecified atom stereocenters. The van der Waals surface area contributed by atoms with Gasteiger partial charge in [0.2, 0.25) is 0 Å². The number of rotatable bonds is 8. The van der Waals surface area contributed by atoms with Crippen molar-refractivity contribution in [3.8, 4) is 0 Å². The third kappa shape index (κ3) is 5.75. The molecule has 19 heavy (non-hydrogen) atoms. The van der Waals surface area contributed by atoms with E-state index < -0.39 is 0 Å². The lowest BCUT2D eigenvalue weighted by atomic mass is 10.0. The minimum Gasteiger partial charge on any atom is -0.396 e. The summed E-state index contributed by atoms with van der Waals surface area (Å²) in [6, 6.07) is 8.96. The summed E-state index contributed by atoms with van der Waals surface area (Å²) in [5.74, 6) is 1.01. The van der Waals surface area contributed by atoms with Crippen LogP contribution in [0.3, 0.4) is 0 Å². The highest BCUT2D eigenvalue weighted by Crippen LogP contribution is 2.15. The Hall–Kier alpha value is -0.860. The largest absolute Gasteiger partial charge is 0.396 e. The van der Waals surface area contributed by atoms with Gasteiger partial charge in [0.15, 0.2) is 0 Å². The predicted molar refractivity (Wildman–Crippen MR) is 82.6 cm³/mol. The molecular formula is C17H29NO. The monoisotopic (exact) mass is 263 g/mol. The quantitative estimate of drug-likeness (QED) is 0.778. The van der Waals surface area contributed by atoms with E-state index in [0.717, 1.165) is 25.9 Å². The van der Waals surface area contributed by atoms with Crippen molar-refractivity contribution in [1.82, 2.24) is 4.90 Å². The number of aliphatic hydroxyl groups is 1. The standard InChI is InChI=1S/C17H29NO/c1-5-15(13-19)12-18(4)11-10-16-6-8-17(9-7-16)14(2)3/h6-9,14-15,19H,5,10-13H2,1-4H3. The molecule has 0 heterocycles. The Morgan fingerprint density at radius 2 is 1.79 bits per heavy atom. The SMILES string of the molecule is CCC(CO)CN(C)CCc1ccc(C(C)C)cc1. The van der Waals surface area contributed by atoms with Gasteiger partial charge in [-0.05, 0) is 42.9 Å². The van der Waals surface area contributed by atoms with Crippen LogP contribution in [-0.4, -0.2) is 36.8 Å². The average molecular weight is 263 g/mol. The molecular weight excluding hydrogens is 234 g/mol. The number of nitrogens with zero attached hydrogens (tertiary/aromatic N) is 1. The fraction of sp³-hybridized carbons (Fsp3) is 0.647. The summed E-state index contributed by atoms with van der Waals surface area (Å²) in [5.41, 5.74) is 2.80. The van der Waals surface area contributed by atoms with Gasteiger partial charge in [0, 0.05) is 19.7 Å². The van der Waals surface area contributed by atoms with E-state index in [0.29, 0.717) is 18.4 Å². The number of hydrogen-bond donors (Lipinski definition) is 1. The maximum Gasteiger partial charge on any atom is 0.0471 e. The third-order valence-electron chi connectivity index (χ3n) is 3.83. The molecule has 1 aromatic rings. The zero-order valence-corrected chi connectivity index (χ0v) is 12.9. The Morgan fingerprint density at radius 3 is 2.26 bits per heavy atom. The first kappa shape index (κ1) is 16.2. The molecule has 0 bridgehead atoms.